The van der Waals surface area contributed by atoms with Crippen molar-refractivity contribution in [1.29, 1.82) is 0 Å². The Morgan fingerprint density at radius 3 is 2.74 bits per heavy atom. The van der Waals surface area contributed by atoms with E-state index in [0.717, 1.165) is 29.1 Å². The van der Waals surface area contributed by atoms with Gasteiger partial charge >= 0.3 is 0 Å². The molecule has 4 heterocycles. The van der Waals surface area contributed by atoms with Gasteiger partial charge in [-0.25, -0.2) is 9.97 Å². The number of carbonyl (C=O) groups excluding carboxylic acids is 1. The zero-order chi connectivity index (χ0) is 18.6. The molecule has 136 valence electrons. The van der Waals surface area contributed by atoms with Gasteiger partial charge in [-0.15, -0.1) is 0 Å². The number of nitrogens with zero attached hydrogens (tertiary/aromatic N) is 5. The average Bonchev–Trinajstić information content (AvgIpc) is 2.72. The third-order valence-electron chi connectivity index (χ3n) is 4.61. The van der Waals surface area contributed by atoms with Gasteiger partial charge in [-0.1, -0.05) is 6.07 Å². The van der Waals surface area contributed by atoms with Crippen LogP contribution in [0.4, 0.5) is 5.82 Å². The van der Waals surface area contributed by atoms with Gasteiger partial charge in [0.1, 0.15) is 11.5 Å². The van der Waals surface area contributed by atoms with Crippen molar-refractivity contribution < 1.29 is 4.79 Å². The number of fused-ring (bicyclic) bond motifs is 1. The number of aromatic nitrogens is 4. The molecular formula is C20H20N6O. The number of anilines is 1. The lowest BCUT2D eigenvalue weighted by molar-refractivity contribution is -0.129. The molecule has 0 fully saturated rings. The first-order valence-electron chi connectivity index (χ1n) is 8.90. The summed E-state index contributed by atoms with van der Waals surface area (Å²) >= 11 is 0. The first kappa shape index (κ1) is 17.1. The van der Waals surface area contributed by atoms with E-state index < -0.39 is 0 Å². The summed E-state index contributed by atoms with van der Waals surface area (Å²) in [6.07, 6.45) is 6.01. The maximum atomic E-state index is 11.8. The topological polar surface area (TPSA) is 83.9 Å². The Hall–Kier alpha value is -3.35. The molecule has 1 N–H and O–H groups in total. The van der Waals surface area contributed by atoms with Gasteiger partial charge in [0, 0.05) is 44.2 Å². The van der Waals surface area contributed by atoms with Crippen LogP contribution in [0.5, 0.6) is 0 Å². The van der Waals surface area contributed by atoms with E-state index in [9.17, 15) is 4.79 Å². The Morgan fingerprint density at radius 1 is 1.15 bits per heavy atom. The lowest BCUT2D eigenvalue weighted by atomic mass is 10.0. The smallest absolute Gasteiger partial charge is 0.219 e. The van der Waals surface area contributed by atoms with Crippen molar-refractivity contribution in [3.05, 3.63) is 65.7 Å². The number of hydrogen-bond acceptors (Lipinski definition) is 6. The number of hydrogen-bond donors (Lipinski definition) is 1. The summed E-state index contributed by atoms with van der Waals surface area (Å²) in [6, 6.07) is 9.61. The third kappa shape index (κ3) is 3.76. The van der Waals surface area contributed by atoms with Crippen LogP contribution in [0.15, 0.2) is 48.9 Å². The molecule has 1 aliphatic rings. The summed E-state index contributed by atoms with van der Waals surface area (Å²) in [5.74, 6) is 1.43. The van der Waals surface area contributed by atoms with E-state index >= 15 is 0 Å². The van der Waals surface area contributed by atoms with Gasteiger partial charge in [0.15, 0.2) is 5.82 Å². The number of nitrogens with one attached hydrogen (secondary N) is 1. The highest BCUT2D eigenvalue weighted by Crippen LogP contribution is 2.27. The SMILES string of the molecule is CC(=O)N1CCc2c(nc(-c3ccccn3)nc2NCc2ccncc2)C1. The first-order valence-corrected chi connectivity index (χ1v) is 8.90. The van der Waals surface area contributed by atoms with Gasteiger partial charge in [-0.2, -0.15) is 0 Å². The first-order chi connectivity index (χ1) is 13.2. The van der Waals surface area contributed by atoms with Gasteiger partial charge in [-0.05, 0) is 36.2 Å². The highest BCUT2D eigenvalue weighted by molar-refractivity contribution is 5.74. The molecule has 0 unspecified atom stereocenters. The van der Waals surface area contributed by atoms with Crippen LogP contribution in [0, 0.1) is 0 Å². The van der Waals surface area contributed by atoms with Gasteiger partial charge in [0.25, 0.3) is 0 Å². The van der Waals surface area contributed by atoms with E-state index in [4.69, 9.17) is 9.97 Å². The molecule has 3 aromatic rings. The van der Waals surface area contributed by atoms with Crippen LogP contribution in [-0.2, 0) is 24.3 Å². The van der Waals surface area contributed by atoms with Gasteiger partial charge in [0.2, 0.25) is 5.91 Å². The Balaban J connectivity index is 1.70. The van der Waals surface area contributed by atoms with E-state index in [0.29, 0.717) is 31.2 Å². The van der Waals surface area contributed by atoms with Crippen molar-refractivity contribution in [2.45, 2.75) is 26.4 Å². The van der Waals surface area contributed by atoms with Crippen molar-refractivity contribution in [1.82, 2.24) is 24.8 Å². The summed E-state index contributed by atoms with van der Waals surface area (Å²) in [6.45, 7) is 3.41. The quantitative estimate of drug-likeness (QED) is 0.769. The maximum Gasteiger partial charge on any atom is 0.219 e. The minimum absolute atomic E-state index is 0.0601. The van der Waals surface area contributed by atoms with E-state index in [2.05, 4.69) is 15.3 Å². The minimum atomic E-state index is 0.0601. The van der Waals surface area contributed by atoms with Crippen molar-refractivity contribution >= 4 is 11.7 Å². The molecule has 0 spiro atoms. The molecule has 1 aliphatic heterocycles. The summed E-state index contributed by atoms with van der Waals surface area (Å²) in [5, 5.41) is 3.43. The Kier molecular flexibility index (Phi) is 4.74. The molecule has 7 heteroatoms. The fraction of sp³-hybridized carbons (Fsp3) is 0.250. The lowest BCUT2D eigenvalue weighted by Gasteiger charge is -2.28. The normalized spacial score (nSPS) is 13.1. The van der Waals surface area contributed by atoms with Crippen molar-refractivity contribution in [2.75, 3.05) is 11.9 Å². The van der Waals surface area contributed by atoms with E-state index in [1.54, 1.807) is 25.5 Å². The molecule has 1 amide bonds. The molecule has 0 aromatic carbocycles. The number of pyridine rings is 2. The highest BCUT2D eigenvalue weighted by Gasteiger charge is 2.24. The molecule has 7 nitrogen and oxygen atoms in total. The zero-order valence-electron chi connectivity index (χ0n) is 15.1. The molecule has 0 atom stereocenters. The van der Waals surface area contributed by atoms with E-state index in [1.807, 2.05) is 35.2 Å². The molecule has 3 aromatic heterocycles. The van der Waals surface area contributed by atoms with Crippen LogP contribution in [-0.4, -0.2) is 37.3 Å². The summed E-state index contributed by atoms with van der Waals surface area (Å²) in [4.78, 5) is 31.5. The molecule has 0 bridgehead atoms. The molecule has 27 heavy (non-hydrogen) atoms. The maximum absolute atomic E-state index is 11.8. The third-order valence-corrected chi connectivity index (χ3v) is 4.61. The van der Waals surface area contributed by atoms with Gasteiger partial charge in [0.05, 0.1) is 12.2 Å². The molecule has 0 saturated carbocycles. The molecular weight excluding hydrogens is 340 g/mol. The van der Waals surface area contributed by atoms with Gasteiger partial charge in [-0.3, -0.25) is 14.8 Å². The van der Waals surface area contributed by atoms with Crippen LogP contribution in [0.3, 0.4) is 0 Å². The standard InChI is InChI=1S/C20H20N6O/c1-14(27)26-11-7-16-18(13-26)24-20(17-4-2-3-8-22-17)25-19(16)23-12-15-5-9-21-10-6-15/h2-6,8-10H,7,11-13H2,1H3,(H,23,24,25). The van der Waals surface area contributed by atoms with Crippen LogP contribution < -0.4 is 5.32 Å². The predicted molar refractivity (Wildman–Crippen MR) is 102 cm³/mol. The summed E-state index contributed by atoms with van der Waals surface area (Å²) in [5.41, 5.74) is 3.79. The number of carbonyl (C=O) groups is 1. The molecule has 0 radical (unpaired) electrons. The molecule has 0 aliphatic carbocycles. The fourth-order valence-electron chi connectivity index (χ4n) is 3.14. The predicted octanol–water partition coefficient (Wildman–Crippen LogP) is 2.45. The summed E-state index contributed by atoms with van der Waals surface area (Å²) in [7, 11) is 0. The zero-order valence-corrected chi connectivity index (χ0v) is 15.1. The monoisotopic (exact) mass is 360 g/mol. The average molecular weight is 360 g/mol. The summed E-state index contributed by atoms with van der Waals surface area (Å²) < 4.78 is 0. The van der Waals surface area contributed by atoms with Crippen LogP contribution in [0.25, 0.3) is 11.5 Å². The van der Waals surface area contributed by atoms with Crippen LogP contribution >= 0.6 is 0 Å². The lowest BCUT2D eigenvalue weighted by Crippen LogP contribution is -2.35. The second-order valence-electron chi connectivity index (χ2n) is 6.44. The van der Waals surface area contributed by atoms with Crippen LogP contribution in [0.2, 0.25) is 0 Å². The van der Waals surface area contributed by atoms with E-state index in [-0.39, 0.29) is 5.91 Å². The Labute approximate surface area is 157 Å². The Morgan fingerprint density at radius 2 is 2.00 bits per heavy atom. The van der Waals surface area contributed by atoms with Gasteiger partial charge < -0.3 is 10.2 Å². The second kappa shape index (κ2) is 7.49. The van der Waals surface area contributed by atoms with Crippen molar-refractivity contribution in [2.24, 2.45) is 0 Å². The van der Waals surface area contributed by atoms with Crippen molar-refractivity contribution in [3.63, 3.8) is 0 Å². The number of rotatable bonds is 4. The van der Waals surface area contributed by atoms with Crippen LogP contribution in [0.1, 0.15) is 23.7 Å². The fourth-order valence-corrected chi connectivity index (χ4v) is 3.14. The Bertz CT molecular complexity index is 945. The second-order valence-corrected chi connectivity index (χ2v) is 6.44. The van der Waals surface area contributed by atoms with E-state index in [1.165, 1.54) is 0 Å². The minimum Gasteiger partial charge on any atom is -0.366 e. The number of amides is 1. The largest absolute Gasteiger partial charge is 0.366 e. The molecule has 0 saturated heterocycles. The molecule has 4 rings (SSSR count). The van der Waals surface area contributed by atoms with Crippen molar-refractivity contribution in [3.8, 4) is 11.5 Å². The highest BCUT2D eigenvalue weighted by atomic mass is 16.2.